The highest BCUT2D eigenvalue weighted by Gasteiger charge is 2.38. The normalized spacial score (nSPS) is 16.1. The Morgan fingerprint density at radius 1 is 1.44 bits per heavy atom. The fourth-order valence-electron chi connectivity index (χ4n) is 3.31. The Bertz CT molecular complexity index is 803. The summed E-state index contributed by atoms with van der Waals surface area (Å²) in [6.45, 7) is 5.74. The van der Waals surface area contributed by atoms with Crippen LogP contribution in [0, 0.1) is 0 Å². The van der Waals surface area contributed by atoms with Gasteiger partial charge in [0.2, 0.25) is 5.91 Å². The fraction of sp³-hybridized carbons (Fsp3) is 0.500. The van der Waals surface area contributed by atoms with Crippen LogP contribution in [0.15, 0.2) is 24.3 Å². The first-order valence-corrected chi connectivity index (χ1v) is 10.1. The predicted molar refractivity (Wildman–Crippen MR) is 111 cm³/mol. The molecular weight excluding hydrogens is 360 g/mol. The number of likely N-dealkylation sites (N-methyl/N-ethyl adjacent to an activating group) is 1. The Balaban J connectivity index is 1.80. The molecule has 1 atom stereocenters. The molecule has 1 N–H and O–H groups in total. The van der Waals surface area contributed by atoms with E-state index in [0.29, 0.717) is 13.0 Å². The van der Waals surface area contributed by atoms with E-state index in [1.54, 1.807) is 18.4 Å². The van der Waals surface area contributed by atoms with Gasteiger partial charge < -0.3 is 19.9 Å². The van der Waals surface area contributed by atoms with E-state index < -0.39 is 0 Å². The second-order valence-electron chi connectivity index (χ2n) is 7.32. The molecule has 1 amide bonds. The van der Waals surface area contributed by atoms with Crippen LogP contribution in [-0.2, 0) is 11.2 Å². The van der Waals surface area contributed by atoms with Gasteiger partial charge in [-0.25, -0.2) is 4.98 Å². The highest BCUT2D eigenvalue weighted by Crippen LogP contribution is 2.42. The molecule has 6 nitrogen and oxygen atoms in total. The first-order chi connectivity index (χ1) is 12.9. The third-order valence-corrected chi connectivity index (χ3v) is 5.83. The number of hydrogen-bond acceptors (Lipinski definition) is 6. The van der Waals surface area contributed by atoms with Crippen molar-refractivity contribution in [1.82, 2.24) is 15.2 Å². The lowest BCUT2D eigenvalue weighted by atomic mass is 10.1. The van der Waals surface area contributed by atoms with Gasteiger partial charge in [0.05, 0.1) is 12.8 Å². The number of ether oxygens (including phenoxy) is 1. The van der Waals surface area contributed by atoms with E-state index in [2.05, 4.69) is 29.0 Å². The van der Waals surface area contributed by atoms with Crippen molar-refractivity contribution < 1.29 is 9.53 Å². The predicted octanol–water partition coefficient (Wildman–Crippen LogP) is 2.64. The van der Waals surface area contributed by atoms with Crippen LogP contribution in [0.2, 0.25) is 0 Å². The van der Waals surface area contributed by atoms with Crippen molar-refractivity contribution >= 4 is 22.2 Å². The zero-order valence-electron chi connectivity index (χ0n) is 16.7. The second kappa shape index (κ2) is 8.27. The van der Waals surface area contributed by atoms with Crippen molar-refractivity contribution in [3.05, 3.63) is 30.0 Å². The van der Waals surface area contributed by atoms with Gasteiger partial charge in [-0.2, -0.15) is 0 Å². The molecule has 0 saturated heterocycles. The molecule has 0 radical (unpaired) electrons. The minimum atomic E-state index is -0.180. The molecule has 0 aliphatic carbocycles. The van der Waals surface area contributed by atoms with E-state index in [1.165, 1.54) is 0 Å². The van der Waals surface area contributed by atoms with E-state index in [9.17, 15) is 4.79 Å². The number of carbonyl (C=O) groups is 1. The number of anilines is 1. The van der Waals surface area contributed by atoms with Crippen LogP contribution < -0.4 is 15.0 Å². The first kappa shape index (κ1) is 19.6. The largest absolute Gasteiger partial charge is 0.497 e. The molecule has 2 aromatic rings. The average molecular weight is 389 g/mol. The average Bonchev–Trinajstić information content (AvgIpc) is 3.18. The number of hydrogen-bond donors (Lipinski definition) is 1. The molecule has 1 unspecified atom stereocenters. The summed E-state index contributed by atoms with van der Waals surface area (Å²) in [5.41, 5.74) is 2.06. The monoisotopic (exact) mass is 388 g/mol. The summed E-state index contributed by atoms with van der Waals surface area (Å²) in [6, 6.07) is 8.00. The topological polar surface area (TPSA) is 57.7 Å². The molecule has 0 saturated carbocycles. The van der Waals surface area contributed by atoms with Crippen LogP contribution in [0.1, 0.15) is 19.5 Å². The lowest BCUT2D eigenvalue weighted by molar-refractivity contribution is -0.122. The number of aromatic nitrogens is 1. The van der Waals surface area contributed by atoms with Gasteiger partial charge in [-0.15, -0.1) is 0 Å². The molecule has 0 bridgehead atoms. The maximum Gasteiger partial charge on any atom is 0.243 e. The molecule has 2 heterocycles. The number of rotatable bonds is 7. The molecule has 1 aromatic carbocycles. The minimum Gasteiger partial charge on any atom is -0.497 e. The van der Waals surface area contributed by atoms with Gasteiger partial charge >= 0.3 is 0 Å². The zero-order chi connectivity index (χ0) is 19.6. The van der Waals surface area contributed by atoms with Gasteiger partial charge in [0, 0.05) is 31.1 Å². The maximum atomic E-state index is 12.7. The van der Waals surface area contributed by atoms with Gasteiger partial charge in [0.1, 0.15) is 21.8 Å². The third kappa shape index (κ3) is 4.25. The summed E-state index contributed by atoms with van der Waals surface area (Å²) < 4.78 is 5.33. The molecule has 1 aliphatic heterocycles. The summed E-state index contributed by atoms with van der Waals surface area (Å²) >= 11 is 1.65. The zero-order valence-corrected chi connectivity index (χ0v) is 17.5. The summed E-state index contributed by atoms with van der Waals surface area (Å²) in [4.78, 5) is 21.9. The molecule has 0 spiro atoms. The van der Waals surface area contributed by atoms with Crippen LogP contribution in [0.25, 0.3) is 10.6 Å². The number of nitrogens with zero attached hydrogens (tertiary/aromatic N) is 3. The maximum absolute atomic E-state index is 12.7. The van der Waals surface area contributed by atoms with Gasteiger partial charge in [0.15, 0.2) is 0 Å². The van der Waals surface area contributed by atoms with E-state index in [0.717, 1.165) is 33.6 Å². The molecule has 1 aliphatic rings. The number of nitrogens with one attached hydrogen (secondary N) is 1. The van der Waals surface area contributed by atoms with Crippen LogP contribution in [-0.4, -0.2) is 62.2 Å². The van der Waals surface area contributed by atoms with E-state index in [1.807, 2.05) is 38.4 Å². The van der Waals surface area contributed by atoms with Crippen LogP contribution in [0.5, 0.6) is 5.75 Å². The van der Waals surface area contributed by atoms with Gasteiger partial charge in [0.25, 0.3) is 0 Å². The van der Waals surface area contributed by atoms with Crippen LogP contribution in [0.3, 0.4) is 0 Å². The van der Waals surface area contributed by atoms with Crippen LogP contribution in [0.4, 0.5) is 5.00 Å². The van der Waals surface area contributed by atoms with Crippen molar-refractivity contribution in [1.29, 1.82) is 0 Å². The SMILES string of the molecule is COc1cccc(-c2nc3c(s2)N(C(C)C)C(C(=O)NCCN(C)C)C3)c1. The Morgan fingerprint density at radius 3 is 2.89 bits per heavy atom. The molecular formula is C20H28N4O2S. The second-order valence-corrected chi connectivity index (χ2v) is 8.30. The van der Waals surface area contributed by atoms with E-state index >= 15 is 0 Å². The number of carbonyl (C=O) groups excluding carboxylic acids is 1. The van der Waals surface area contributed by atoms with Crippen molar-refractivity contribution in [2.75, 3.05) is 39.2 Å². The molecule has 0 fully saturated rings. The van der Waals surface area contributed by atoms with Crippen molar-refractivity contribution in [2.24, 2.45) is 0 Å². The quantitative estimate of drug-likeness (QED) is 0.790. The molecule has 3 rings (SSSR count). The molecule has 1 aromatic heterocycles. The molecule has 27 heavy (non-hydrogen) atoms. The van der Waals surface area contributed by atoms with Crippen molar-refractivity contribution in [2.45, 2.75) is 32.4 Å². The smallest absolute Gasteiger partial charge is 0.243 e. The molecule has 146 valence electrons. The number of amides is 1. The number of benzene rings is 1. The Hall–Kier alpha value is -2.12. The fourth-order valence-corrected chi connectivity index (χ4v) is 4.59. The first-order valence-electron chi connectivity index (χ1n) is 9.25. The highest BCUT2D eigenvalue weighted by molar-refractivity contribution is 7.19. The minimum absolute atomic E-state index is 0.0821. The van der Waals surface area contributed by atoms with Gasteiger partial charge in [-0.1, -0.05) is 23.5 Å². The number of fused-ring (bicyclic) bond motifs is 1. The van der Waals surface area contributed by atoms with Crippen molar-refractivity contribution in [3.63, 3.8) is 0 Å². The van der Waals surface area contributed by atoms with E-state index in [-0.39, 0.29) is 18.0 Å². The van der Waals surface area contributed by atoms with Gasteiger partial charge in [-0.05, 0) is 40.1 Å². The number of thiazole rings is 1. The molecule has 7 heteroatoms. The summed E-state index contributed by atoms with van der Waals surface area (Å²) in [6.07, 6.45) is 0.655. The van der Waals surface area contributed by atoms with E-state index in [4.69, 9.17) is 9.72 Å². The Labute approximate surface area is 165 Å². The van der Waals surface area contributed by atoms with Crippen molar-refractivity contribution in [3.8, 4) is 16.3 Å². The number of methoxy groups -OCH3 is 1. The Morgan fingerprint density at radius 2 is 2.22 bits per heavy atom. The lowest BCUT2D eigenvalue weighted by Gasteiger charge is -2.29. The summed E-state index contributed by atoms with van der Waals surface area (Å²) in [5, 5.41) is 5.14. The van der Waals surface area contributed by atoms with Gasteiger partial charge in [-0.3, -0.25) is 4.79 Å². The lowest BCUT2D eigenvalue weighted by Crippen LogP contribution is -2.49. The Kier molecular flexibility index (Phi) is 6.01. The van der Waals surface area contributed by atoms with Crippen LogP contribution >= 0.6 is 11.3 Å². The summed E-state index contributed by atoms with van der Waals surface area (Å²) in [7, 11) is 5.67. The third-order valence-electron chi connectivity index (χ3n) is 4.67. The summed E-state index contributed by atoms with van der Waals surface area (Å²) in [5.74, 6) is 0.903. The highest BCUT2D eigenvalue weighted by atomic mass is 32.1. The standard InChI is InChI=1S/C20H28N4O2S/c1-13(2)24-17(18(25)21-9-10-23(3)4)12-16-20(24)27-19(22-16)14-7-6-8-15(11-14)26-5/h6-8,11,13,17H,9-10,12H2,1-5H3,(H,21,25).